The number of hydrogen-bond acceptors (Lipinski definition) is 0. The maximum atomic E-state index is 3.51. The molecule has 0 aliphatic rings. The maximum absolute atomic E-state index is 3.51. The second kappa shape index (κ2) is 3.34. The van der Waals surface area contributed by atoms with E-state index >= 15 is 0 Å². The summed E-state index contributed by atoms with van der Waals surface area (Å²) in [5.74, 6) is 0. The molecule has 0 amide bonds. The van der Waals surface area contributed by atoms with Gasteiger partial charge in [-0.2, -0.15) is 0 Å². The highest BCUT2D eigenvalue weighted by Gasteiger charge is 1.97. The van der Waals surface area contributed by atoms with Crippen molar-refractivity contribution < 1.29 is 0 Å². The minimum atomic E-state index is 1.17. The largest absolute Gasteiger partial charge is 0.0616 e. The summed E-state index contributed by atoms with van der Waals surface area (Å²) >= 11 is 5.83. The molecule has 0 N–H and O–H groups in total. The van der Waals surface area contributed by atoms with E-state index in [0.29, 0.717) is 0 Å². The number of benzene rings is 2. The van der Waals surface area contributed by atoms with Crippen LogP contribution in [0.3, 0.4) is 0 Å². The van der Waals surface area contributed by atoms with Crippen LogP contribution < -0.4 is 0 Å². The highest BCUT2D eigenvalue weighted by molar-refractivity contribution is 14.1. The Morgan fingerprint density at radius 2 is 1.58 bits per heavy atom. The van der Waals surface area contributed by atoms with E-state index in [1.54, 1.807) is 0 Å². The molecular weight excluding hydrogens is 327 g/mol. The number of halogens is 2. The van der Waals surface area contributed by atoms with E-state index in [2.05, 4.69) is 74.9 Å². The molecule has 0 saturated carbocycles. The minimum Gasteiger partial charge on any atom is -0.0616 e. The van der Waals surface area contributed by atoms with E-state index in [1.165, 1.54) is 18.8 Å². The van der Waals surface area contributed by atoms with Gasteiger partial charge < -0.3 is 0 Å². The average Bonchev–Trinajstić information content (AvgIpc) is 2.07. The molecule has 2 aromatic rings. The summed E-state index contributed by atoms with van der Waals surface area (Å²) in [5, 5.41) is 2.58. The van der Waals surface area contributed by atoms with E-state index < -0.39 is 0 Å². The molecule has 0 unspecified atom stereocenters. The molecule has 2 heteroatoms. The van der Waals surface area contributed by atoms with Crippen LogP contribution in [-0.4, -0.2) is 0 Å². The third-order valence-corrected chi connectivity index (χ3v) is 4.08. The summed E-state index contributed by atoms with van der Waals surface area (Å²) in [6.07, 6.45) is 0. The summed E-state index contributed by atoms with van der Waals surface area (Å²) in [5.41, 5.74) is 0. The topological polar surface area (TPSA) is 0 Å². The second-order valence-electron chi connectivity index (χ2n) is 2.61. The van der Waals surface area contributed by atoms with Crippen molar-refractivity contribution in [1.29, 1.82) is 0 Å². The normalized spacial score (nSPS) is 10.5. The lowest BCUT2D eigenvalue weighted by Gasteiger charge is -1.99. The summed E-state index contributed by atoms with van der Waals surface area (Å²) in [6, 6.07) is 12.7. The Balaban J connectivity index is 2.84. The smallest absolute Gasteiger partial charge is 0.0315 e. The van der Waals surface area contributed by atoms with Crippen molar-refractivity contribution in [3.05, 3.63) is 44.4 Å². The van der Waals surface area contributed by atoms with Crippen molar-refractivity contribution in [2.45, 2.75) is 0 Å². The first-order valence-electron chi connectivity index (χ1n) is 3.61. The van der Waals surface area contributed by atoms with E-state index in [-0.39, 0.29) is 0 Å². The van der Waals surface area contributed by atoms with Crippen LogP contribution in [0.15, 0.2) is 40.9 Å². The fourth-order valence-electron chi connectivity index (χ4n) is 1.18. The zero-order valence-electron chi connectivity index (χ0n) is 6.22. The number of hydrogen-bond donors (Lipinski definition) is 0. The first-order chi connectivity index (χ1) is 5.77. The SMILES string of the molecule is Brc1cc2ccccc2cc1I. The van der Waals surface area contributed by atoms with Gasteiger partial charge in [0.05, 0.1) is 0 Å². The van der Waals surface area contributed by atoms with Crippen LogP contribution in [0.4, 0.5) is 0 Å². The highest BCUT2D eigenvalue weighted by atomic mass is 127. The Morgan fingerprint density at radius 3 is 2.25 bits per heavy atom. The maximum Gasteiger partial charge on any atom is 0.0315 e. The molecule has 2 rings (SSSR count). The Kier molecular flexibility index (Phi) is 2.37. The quantitative estimate of drug-likeness (QED) is 0.634. The fourth-order valence-corrected chi connectivity index (χ4v) is 2.04. The van der Waals surface area contributed by atoms with Crippen LogP contribution in [0.25, 0.3) is 10.8 Å². The minimum absolute atomic E-state index is 1.17. The standard InChI is InChI=1S/C10H6BrI/c11-9-5-7-3-1-2-4-8(7)6-10(9)12/h1-6H. The van der Waals surface area contributed by atoms with Gasteiger partial charge in [0.15, 0.2) is 0 Å². The molecule has 0 fully saturated rings. The van der Waals surface area contributed by atoms with Crippen molar-refractivity contribution in [2.75, 3.05) is 0 Å². The summed E-state index contributed by atoms with van der Waals surface area (Å²) in [4.78, 5) is 0. The first-order valence-corrected chi connectivity index (χ1v) is 5.48. The van der Waals surface area contributed by atoms with Gasteiger partial charge >= 0.3 is 0 Å². The van der Waals surface area contributed by atoms with Gasteiger partial charge in [-0.25, -0.2) is 0 Å². The van der Waals surface area contributed by atoms with Gasteiger partial charge in [-0.15, -0.1) is 0 Å². The number of fused-ring (bicyclic) bond motifs is 1. The lowest BCUT2D eigenvalue weighted by molar-refractivity contribution is 1.64. The van der Waals surface area contributed by atoms with Crippen LogP contribution in [-0.2, 0) is 0 Å². The molecule has 0 heterocycles. The highest BCUT2D eigenvalue weighted by Crippen LogP contribution is 2.25. The predicted molar refractivity (Wildman–Crippen MR) is 64.4 cm³/mol. The van der Waals surface area contributed by atoms with Crippen LogP contribution in [0.1, 0.15) is 0 Å². The Morgan fingerprint density at radius 1 is 1.00 bits per heavy atom. The second-order valence-corrected chi connectivity index (χ2v) is 4.63. The van der Waals surface area contributed by atoms with Gasteiger partial charge in [-0.1, -0.05) is 24.3 Å². The molecular formula is C10H6BrI. The van der Waals surface area contributed by atoms with E-state index in [1.807, 2.05) is 0 Å². The molecule has 0 bridgehead atoms. The lowest BCUT2D eigenvalue weighted by Crippen LogP contribution is -1.76. The summed E-state index contributed by atoms with van der Waals surface area (Å²) in [6.45, 7) is 0. The van der Waals surface area contributed by atoms with Crippen LogP contribution in [0.2, 0.25) is 0 Å². The van der Waals surface area contributed by atoms with Crippen LogP contribution >= 0.6 is 38.5 Å². The van der Waals surface area contributed by atoms with Crippen molar-refractivity contribution >= 4 is 49.3 Å². The molecule has 0 aliphatic carbocycles. The molecule has 12 heavy (non-hydrogen) atoms. The molecule has 0 spiro atoms. The molecule has 0 aromatic heterocycles. The molecule has 0 atom stereocenters. The Bertz CT molecular complexity index is 383. The monoisotopic (exact) mass is 332 g/mol. The van der Waals surface area contributed by atoms with Gasteiger partial charge in [0.2, 0.25) is 0 Å². The predicted octanol–water partition coefficient (Wildman–Crippen LogP) is 4.21. The van der Waals surface area contributed by atoms with E-state index in [0.717, 1.165) is 0 Å². The third-order valence-electron chi connectivity index (χ3n) is 1.79. The molecule has 0 saturated heterocycles. The summed E-state index contributed by atoms with van der Waals surface area (Å²) in [7, 11) is 0. The lowest BCUT2D eigenvalue weighted by atomic mass is 10.1. The number of rotatable bonds is 0. The fraction of sp³-hybridized carbons (Fsp3) is 0. The van der Waals surface area contributed by atoms with E-state index in [4.69, 9.17) is 0 Å². The molecule has 2 aromatic carbocycles. The molecule has 0 radical (unpaired) electrons. The first kappa shape index (κ1) is 8.51. The van der Waals surface area contributed by atoms with Gasteiger partial charge in [-0.3, -0.25) is 0 Å². The van der Waals surface area contributed by atoms with Crippen molar-refractivity contribution in [3.8, 4) is 0 Å². The molecule has 60 valence electrons. The van der Waals surface area contributed by atoms with Crippen molar-refractivity contribution in [3.63, 3.8) is 0 Å². The zero-order valence-corrected chi connectivity index (χ0v) is 9.96. The van der Waals surface area contributed by atoms with Gasteiger partial charge in [0, 0.05) is 8.04 Å². The molecule has 0 nitrogen and oxygen atoms in total. The van der Waals surface area contributed by atoms with Crippen LogP contribution in [0, 0.1) is 3.57 Å². The zero-order chi connectivity index (χ0) is 8.55. The molecule has 0 aliphatic heterocycles. The van der Waals surface area contributed by atoms with Crippen LogP contribution in [0.5, 0.6) is 0 Å². The van der Waals surface area contributed by atoms with Gasteiger partial charge in [-0.05, 0) is 61.4 Å². The van der Waals surface area contributed by atoms with Crippen molar-refractivity contribution in [1.82, 2.24) is 0 Å². The van der Waals surface area contributed by atoms with Crippen molar-refractivity contribution in [2.24, 2.45) is 0 Å². The Labute approximate surface area is 93.2 Å². The third kappa shape index (κ3) is 1.50. The van der Waals surface area contributed by atoms with Gasteiger partial charge in [0.1, 0.15) is 0 Å². The van der Waals surface area contributed by atoms with E-state index in [9.17, 15) is 0 Å². The van der Waals surface area contributed by atoms with Gasteiger partial charge in [0.25, 0.3) is 0 Å². The average molecular weight is 333 g/mol. The summed E-state index contributed by atoms with van der Waals surface area (Å²) < 4.78 is 2.42. The Hall–Kier alpha value is -0.0900.